The van der Waals surface area contributed by atoms with Crippen molar-refractivity contribution in [2.75, 3.05) is 43.0 Å². The maximum Gasteiger partial charge on any atom is 0.321 e. The highest BCUT2D eigenvalue weighted by Gasteiger charge is 2.20. The summed E-state index contributed by atoms with van der Waals surface area (Å²) >= 11 is 5.92. The number of aromatic nitrogens is 3. The minimum absolute atomic E-state index is 0.0962. The molecule has 1 aromatic heterocycles. The summed E-state index contributed by atoms with van der Waals surface area (Å²) in [7, 11) is 0. The zero-order valence-corrected chi connectivity index (χ0v) is 19.0. The van der Waals surface area contributed by atoms with Crippen LogP contribution < -0.4 is 15.0 Å². The van der Waals surface area contributed by atoms with Crippen molar-refractivity contribution < 1.29 is 9.53 Å². The van der Waals surface area contributed by atoms with Crippen LogP contribution in [0.25, 0.3) is 5.69 Å². The number of rotatable bonds is 5. The van der Waals surface area contributed by atoms with Crippen molar-refractivity contribution >= 4 is 29.0 Å². The second kappa shape index (κ2) is 9.91. The van der Waals surface area contributed by atoms with Crippen LogP contribution in [0.5, 0.6) is 5.75 Å². The van der Waals surface area contributed by atoms with E-state index in [1.54, 1.807) is 35.3 Å². The Bertz CT molecular complexity index is 1070. The first kappa shape index (κ1) is 22.0. The molecule has 1 saturated heterocycles. The number of urea groups is 1. The van der Waals surface area contributed by atoms with E-state index in [1.807, 2.05) is 30.9 Å². The van der Waals surface area contributed by atoms with Crippen LogP contribution in [0, 0.1) is 6.92 Å². The van der Waals surface area contributed by atoms with Crippen molar-refractivity contribution in [2.45, 2.75) is 20.3 Å². The second-order valence-electron chi connectivity index (χ2n) is 7.59. The molecule has 0 unspecified atom stereocenters. The molecule has 4 rings (SSSR count). The Morgan fingerprint density at radius 3 is 2.66 bits per heavy atom. The van der Waals surface area contributed by atoms with Crippen LogP contribution in [-0.4, -0.2) is 58.5 Å². The highest BCUT2D eigenvalue weighted by atomic mass is 35.5. The van der Waals surface area contributed by atoms with Gasteiger partial charge in [0.1, 0.15) is 23.6 Å². The molecule has 3 aromatic rings. The van der Waals surface area contributed by atoms with E-state index in [0.717, 1.165) is 42.3 Å². The van der Waals surface area contributed by atoms with Crippen molar-refractivity contribution in [3.63, 3.8) is 0 Å². The van der Waals surface area contributed by atoms with Gasteiger partial charge in [-0.2, -0.15) is 5.10 Å². The van der Waals surface area contributed by atoms with Crippen LogP contribution in [0.4, 0.5) is 16.2 Å². The molecule has 1 aliphatic heterocycles. The number of hydrogen-bond acceptors (Lipinski definition) is 5. The number of anilines is 2. The summed E-state index contributed by atoms with van der Waals surface area (Å²) in [5, 5.41) is 8.00. The molecule has 0 saturated carbocycles. The van der Waals surface area contributed by atoms with Crippen LogP contribution in [0.3, 0.4) is 0 Å². The summed E-state index contributed by atoms with van der Waals surface area (Å²) in [4.78, 5) is 21.1. The number of aryl methyl sites for hydroxylation is 1. The Labute approximate surface area is 192 Å². The average molecular weight is 455 g/mol. The molecule has 2 heterocycles. The van der Waals surface area contributed by atoms with E-state index in [9.17, 15) is 4.79 Å². The Morgan fingerprint density at radius 2 is 1.94 bits per heavy atom. The Hall–Kier alpha value is -3.26. The van der Waals surface area contributed by atoms with Crippen molar-refractivity contribution in [1.82, 2.24) is 19.7 Å². The third-order valence-corrected chi connectivity index (χ3v) is 5.59. The first-order chi connectivity index (χ1) is 15.5. The number of hydrogen-bond donors (Lipinski definition) is 1. The monoisotopic (exact) mass is 454 g/mol. The Morgan fingerprint density at radius 1 is 1.12 bits per heavy atom. The first-order valence-electron chi connectivity index (χ1n) is 10.8. The van der Waals surface area contributed by atoms with E-state index < -0.39 is 0 Å². The van der Waals surface area contributed by atoms with Crippen LogP contribution in [0.2, 0.25) is 5.02 Å². The maximum atomic E-state index is 12.7. The predicted octanol–water partition coefficient (Wildman–Crippen LogP) is 4.37. The van der Waals surface area contributed by atoms with Crippen molar-refractivity contribution in [3.8, 4) is 11.4 Å². The molecule has 1 N–H and O–H groups in total. The Balaban J connectivity index is 1.45. The van der Waals surface area contributed by atoms with E-state index in [-0.39, 0.29) is 6.03 Å². The van der Waals surface area contributed by atoms with Gasteiger partial charge in [0.15, 0.2) is 0 Å². The summed E-state index contributed by atoms with van der Waals surface area (Å²) < 4.78 is 7.63. The molecule has 1 fully saturated rings. The second-order valence-corrected chi connectivity index (χ2v) is 8.02. The predicted molar refractivity (Wildman–Crippen MR) is 126 cm³/mol. The highest BCUT2D eigenvalue weighted by molar-refractivity contribution is 6.30. The van der Waals surface area contributed by atoms with Crippen molar-refractivity contribution in [3.05, 3.63) is 59.6 Å². The fraction of sp³-hybridized carbons (Fsp3) is 0.348. The zero-order chi connectivity index (χ0) is 22.5. The van der Waals surface area contributed by atoms with Gasteiger partial charge in [0.05, 0.1) is 6.61 Å². The van der Waals surface area contributed by atoms with Gasteiger partial charge in [-0.05, 0) is 56.7 Å². The lowest BCUT2D eigenvalue weighted by Crippen LogP contribution is -2.38. The van der Waals surface area contributed by atoms with Crippen LogP contribution in [-0.2, 0) is 0 Å². The van der Waals surface area contributed by atoms with E-state index in [1.165, 1.54) is 0 Å². The van der Waals surface area contributed by atoms with Crippen LogP contribution in [0.1, 0.15) is 19.2 Å². The van der Waals surface area contributed by atoms with E-state index in [0.29, 0.717) is 30.5 Å². The van der Waals surface area contributed by atoms with Gasteiger partial charge < -0.3 is 19.9 Å². The molecule has 0 aliphatic carbocycles. The summed E-state index contributed by atoms with van der Waals surface area (Å²) in [5.41, 5.74) is 2.66. The molecule has 0 bridgehead atoms. The number of halogens is 1. The lowest BCUT2D eigenvalue weighted by atomic mass is 10.2. The lowest BCUT2D eigenvalue weighted by molar-refractivity contribution is 0.215. The molecule has 0 spiro atoms. The average Bonchev–Trinajstić information content (AvgIpc) is 3.06. The molecule has 32 heavy (non-hydrogen) atoms. The number of ether oxygens (including phenoxy) is 1. The van der Waals surface area contributed by atoms with Gasteiger partial charge in [0.25, 0.3) is 0 Å². The quantitative estimate of drug-likeness (QED) is 0.619. The van der Waals surface area contributed by atoms with E-state index in [2.05, 4.69) is 26.4 Å². The molecule has 2 aromatic carbocycles. The van der Waals surface area contributed by atoms with Gasteiger partial charge in [-0.1, -0.05) is 11.6 Å². The van der Waals surface area contributed by atoms with Crippen LogP contribution in [0.15, 0.2) is 48.8 Å². The zero-order valence-electron chi connectivity index (χ0n) is 18.3. The van der Waals surface area contributed by atoms with Crippen molar-refractivity contribution in [1.29, 1.82) is 0 Å². The van der Waals surface area contributed by atoms with E-state index in [4.69, 9.17) is 16.3 Å². The SMILES string of the molecule is CCOc1cc(N2CCCN(C(=O)Nc3ccc(Cl)cc3)CC2)ccc1-n1cnc(C)n1. The van der Waals surface area contributed by atoms with Gasteiger partial charge in [0, 0.05) is 48.6 Å². The molecule has 168 valence electrons. The number of nitrogens with zero attached hydrogens (tertiary/aromatic N) is 5. The van der Waals surface area contributed by atoms with Crippen molar-refractivity contribution in [2.24, 2.45) is 0 Å². The van der Waals surface area contributed by atoms with Crippen LogP contribution >= 0.6 is 11.6 Å². The van der Waals surface area contributed by atoms with E-state index >= 15 is 0 Å². The first-order valence-corrected chi connectivity index (χ1v) is 11.1. The van der Waals surface area contributed by atoms with Gasteiger partial charge >= 0.3 is 6.03 Å². The summed E-state index contributed by atoms with van der Waals surface area (Å²) in [6.45, 7) is 7.31. The standard InChI is InChI=1S/C23H27ClN6O2/c1-3-32-22-15-20(9-10-21(22)30-16-25-17(2)27-30)28-11-4-12-29(14-13-28)23(31)26-19-7-5-18(24)6-8-19/h5-10,15-16H,3-4,11-14H2,1-2H3,(H,26,31). The van der Waals surface area contributed by atoms with Gasteiger partial charge in [-0.3, -0.25) is 0 Å². The minimum atomic E-state index is -0.0962. The summed E-state index contributed by atoms with van der Waals surface area (Å²) in [5.74, 6) is 1.47. The summed E-state index contributed by atoms with van der Waals surface area (Å²) in [6, 6.07) is 13.2. The van der Waals surface area contributed by atoms with Gasteiger partial charge in [-0.25, -0.2) is 14.5 Å². The smallest absolute Gasteiger partial charge is 0.321 e. The third kappa shape index (κ3) is 5.13. The highest BCUT2D eigenvalue weighted by Crippen LogP contribution is 2.29. The minimum Gasteiger partial charge on any atom is -0.492 e. The molecular weight excluding hydrogens is 428 g/mol. The molecule has 8 nitrogen and oxygen atoms in total. The number of amides is 2. The molecule has 0 radical (unpaired) electrons. The molecule has 9 heteroatoms. The fourth-order valence-electron chi connectivity index (χ4n) is 3.74. The number of carbonyl (C=O) groups is 1. The lowest BCUT2D eigenvalue weighted by Gasteiger charge is -2.25. The normalized spacial score (nSPS) is 14.2. The molecular formula is C23H27ClN6O2. The fourth-order valence-corrected chi connectivity index (χ4v) is 3.86. The number of carbonyl (C=O) groups excluding carboxylic acids is 1. The van der Waals surface area contributed by atoms with Gasteiger partial charge in [-0.15, -0.1) is 0 Å². The summed E-state index contributed by atoms with van der Waals surface area (Å²) in [6.07, 6.45) is 2.57. The largest absolute Gasteiger partial charge is 0.492 e. The number of nitrogens with one attached hydrogen (secondary N) is 1. The number of benzene rings is 2. The van der Waals surface area contributed by atoms with Gasteiger partial charge in [0.2, 0.25) is 0 Å². The molecule has 2 amide bonds. The topological polar surface area (TPSA) is 75.5 Å². The Kier molecular flexibility index (Phi) is 6.80. The molecule has 1 aliphatic rings. The maximum absolute atomic E-state index is 12.7. The third-order valence-electron chi connectivity index (χ3n) is 5.34. The molecule has 0 atom stereocenters.